The highest BCUT2D eigenvalue weighted by Gasteiger charge is 2.70. The molecule has 9 atom stereocenters. The lowest BCUT2D eigenvalue weighted by atomic mass is 9.32. The average Bonchev–Trinajstić information content (AvgIpc) is 3.44. The third-order valence-electron chi connectivity index (χ3n) is 16.8. The van der Waals surface area contributed by atoms with Gasteiger partial charge in [0.15, 0.2) is 9.84 Å². The fourth-order valence-corrected chi connectivity index (χ4v) is 15.3. The van der Waals surface area contributed by atoms with Crippen LogP contribution in [0.15, 0.2) is 36.4 Å². The van der Waals surface area contributed by atoms with Gasteiger partial charge in [-0.15, -0.1) is 0 Å². The minimum atomic E-state index is -2.86. The van der Waals surface area contributed by atoms with E-state index in [1.54, 1.807) is 12.1 Å². The number of rotatable bonds is 8. The number of halogens is 1. The van der Waals surface area contributed by atoms with Crippen LogP contribution in [-0.4, -0.2) is 68.6 Å². The largest absolute Gasteiger partial charge is 0.478 e. The summed E-state index contributed by atoms with van der Waals surface area (Å²) in [6, 6.07) is 4.43. The molecule has 1 heterocycles. The SMILES string of the molecule is C=C(C)C1CCC2(CNCCN3CCS(=O)(=O)CC3)CCC3(C)C(CCC4C5(C)CC=C(c6ccc(C(=O)O)cc6F)C(C)(C)C5CCC43C)C12. The van der Waals surface area contributed by atoms with E-state index in [1.807, 2.05) is 0 Å². The van der Waals surface area contributed by atoms with Gasteiger partial charge in [0.2, 0.25) is 0 Å². The maximum atomic E-state index is 15.5. The maximum absolute atomic E-state index is 15.5. The van der Waals surface area contributed by atoms with Crippen LogP contribution < -0.4 is 5.32 Å². The number of carboxylic acid groups (broad SMARTS) is 1. The van der Waals surface area contributed by atoms with Gasteiger partial charge in [-0.3, -0.25) is 0 Å². The smallest absolute Gasteiger partial charge is 0.335 e. The van der Waals surface area contributed by atoms with Crippen molar-refractivity contribution in [2.45, 2.75) is 99.3 Å². The molecular weight excluding hydrogens is 660 g/mol. The molecule has 2 N–H and O–H groups in total. The molecule has 9 unspecified atom stereocenters. The van der Waals surface area contributed by atoms with Gasteiger partial charge in [0, 0.05) is 38.3 Å². The zero-order chi connectivity index (χ0) is 36.8. The van der Waals surface area contributed by atoms with Crippen molar-refractivity contribution >= 4 is 21.4 Å². The predicted octanol–water partition coefficient (Wildman–Crippen LogP) is 8.49. The number of hydrogen-bond acceptors (Lipinski definition) is 5. The summed E-state index contributed by atoms with van der Waals surface area (Å²) in [7, 11) is -2.86. The van der Waals surface area contributed by atoms with E-state index in [0.29, 0.717) is 48.2 Å². The molecule has 5 fully saturated rings. The maximum Gasteiger partial charge on any atom is 0.335 e. The highest BCUT2D eigenvalue weighted by atomic mass is 32.2. The molecule has 0 bridgehead atoms. The summed E-state index contributed by atoms with van der Waals surface area (Å²) < 4.78 is 39.4. The Hall–Kier alpha value is -2.03. The first kappa shape index (κ1) is 37.3. The molecule has 1 aliphatic heterocycles. The molecule has 6 nitrogen and oxygen atoms in total. The molecule has 6 aliphatic rings. The van der Waals surface area contributed by atoms with E-state index in [0.717, 1.165) is 38.0 Å². The summed E-state index contributed by atoms with van der Waals surface area (Å²) in [5.41, 5.74) is 3.57. The van der Waals surface area contributed by atoms with E-state index in [4.69, 9.17) is 0 Å². The molecule has 1 saturated heterocycles. The Labute approximate surface area is 307 Å². The molecule has 4 saturated carbocycles. The Morgan fingerprint density at radius 2 is 1.71 bits per heavy atom. The molecular formula is C43H63FN2O4S. The molecule has 0 radical (unpaired) electrons. The second-order valence-electron chi connectivity index (χ2n) is 19.3. The zero-order valence-electron chi connectivity index (χ0n) is 32.1. The quantitative estimate of drug-likeness (QED) is 0.207. The molecule has 0 amide bonds. The number of hydrogen-bond donors (Lipinski definition) is 2. The average molecular weight is 723 g/mol. The van der Waals surface area contributed by atoms with Crippen molar-refractivity contribution in [3.8, 4) is 0 Å². The van der Waals surface area contributed by atoms with Gasteiger partial charge in [0.1, 0.15) is 5.82 Å². The number of fused-ring (bicyclic) bond motifs is 7. The van der Waals surface area contributed by atoms with Crippen LogP contribution in [0.1, 0.15) is 115 Å². The van der Waals surface area contributed by atoms with Gasteiger partial charge >= 0.3 is 5.97 Å². The van der Waals surface area contributed by atoms with Gasteiger partial charge in [-0.05, 0) is 139 Å². The van der Waals surface area contributed by atoms with Crippen molar-refractivity contribution in [3.05, 3.63) is 53.4 Å². The van der Waals surface area contributed by atoms with Gasteiger partial charge in [0.25, 0.3) is 0 Å². The van der Waals surface area contributed by atoms with Gasteiger partial charge < -0.3 is 15.3 Å². The Bertz CT molecular complexity index is 1710. The minimum absolute atomic E-state index is 0.00542. The molecule has 8 heteroatoms. The normalized spacial score (nSPS) is 41.4. The molecule has 51 heavy (non-hydrogen) atoms. The molecule has 5 aliphatic carbocycles. The van der Waals surface area contributed by atoms with E-state index in [-0.39, 0.29) is 44.1 Å². The summed E-state index contributed by atoms with van der Waals surface area (Å²) in [6.07, 6.45) is 13.1. The summed E-state index contributed by atoms with van der Waals surface area (Å²) in [6.45, 7) is 23.6. The number of nitrogens with one attached hydrogen (secondary N) is 1. The monoisotopic (exact) mass is 722 g/mol. The van der Waals surface area contributed by atoms with Crippen LogP contribution in [0.25, 0.3) is 5.57 Å². The third-order valence-corrected chi connectivity index (χ3v) is 18.5. The fourth-order valence-electron chi connectivity index (χ4n) is 14.1. The summed E-state index contributed by atoms with van der Waals surface area (Å²) in [5, 5.41) is 13.4. The number of nitrogens with zero attached hydrogens (tertiary/aromatic N) is 1. The van der Waals surface area contributed by atoms with E-state index >= 15 is 4.39 Å². The number of benzene rings is 1. The number of sulfone groups is 1. The van der Waals surface area contributed by atoms with Crippen LogP contribution in [0, 0.1) is 62.5 Å². The van der Waals surface area contributed by atoms with Crippen molar-refractivity contribution in [1.82, 2.24) is 10.2 Å². The first-order chi connectivity index (χ1) is 23.9. The second-order valence-corrected chi connectivity index (χ2v) is 21.6. The second kappa shape index (κ2) is 12.8. The van der Waals surface area contributed by atoms with Crippen molar-refractivity contribution in [3.63, 3.8) is 0 Å². The Kier molecular flexibility index (Phi) is 9.35. The van der Waals surface area contributed by atoms with E-state index in [2.05, 4.69) is 64.4 Å². The summed E-state index contributed by atoms with van der Waals surface area (Å²) in [4.78, 5) is 13.8. The number of allylic oxidation sites excluding steroid dienone is 3. The molecule has 0 spiro atoms. The number of carboxylic acids is 1. The Balaban J connectivity index is 1.13. The summed E-state index contributed by atoms with van der Waals surface area (Å²) in [5.74, 6) is 1.91. The van der Waals surface area contributed by atoms with Crippen LogP contribution in [-0.2, 0) is 9.84 Å². The Morgan fingerprint density at radius 1 is 0.980 bits per heavy atom. The minimum Gasteiger partial charge on any atom is -0.478 e. The molecule has 1 aromatic carbocycles. The molecule has 7 rings (SSSR count). The van der Waals surface area contributed by atoms with Crippen molar-refractivity contribution in [2.75, 3.05) is 44.2 Å². The van der Waals surface area contributed by atoms with Gasteiger partial charge in [-0.1, -0.05) is 58.9 Å². The topological polar surface area (TPSA) is 86.7 Å². The third kappa shape index (κ3) is 5.82. The van der Waals surface area contributed by atoms with Crippen LogP contribution >= 0.6 is 0 Å². The van der Waals surface area contributed by atoms with E-state index in [1.165, 1.54) is 56.6 Å². The molecule has 0 aromatic heterocycles. The fraction of sp³-hybridized carbons (Fsp3) is 0.744. The lowest BCUT2D eigenvalue weighted by Crippen LogP contribution is -2.66. The summed E-state index contributed by atoms with van der Waals surface area (Å²) >= 11 is 0. The predicted molar refractivity (Wildman–Crippen MR) is 204 cm³/mol. The zero-order valence-corrected chi connectivity index (χ0v) is 32.9. The molecule has 282 valence electrons. The molecule has 1 aromatic rings. The van der Waals surface area contributed by atoms with Crippen molar-refractivity contribution in [1.29, 1.82) is 0 Å². The van der Waals surface area contributed by atoms with Crippen LogP contribution in [0.3, 0.4) is 0 Å². The lowest BCUT2D eigenvalue weighted by molar-refractivity contribution is -0.225. The highest BCUT2D eigenvalue weighted by Crippen LogP contribution is 2.77. The standard InChI is InChI=1S/C43H63FN2O4S/c1-28(2)30-12-17-43(27-45-20-21-46-22-24-51(49,50)25-23-46)19-18-41(6)33(37(30)43)10-11-36-40(5)15-13-32(31-9-8-29(38(47)48)26-34(31)44)39(3,4)35(40)14-16-42(36,41)7/h8-9,13,26,30,33,35-37,45H,1,10-12,14-25,27H2,2-7H3,(H,47,48). The van der Waals surface area contributed by atoms with Gasteiger partial charge in [0.05, 0.1) is 17.1 Å². The van der Waals surface area contributed by atoms with Gasteiger partial charge in [-0.25, -0.2) is 17.6 Å². The van der Waals surface area contributed by atoms with Crippen molar-refractivity contribution < 1.29 is 22.7 Å². The first-order valence-electron chi connectivity index (χ1n) is 19.9. The Morgan fingerprint density at radius 3 is 2.37 bits per heavy atom. The van der Waals surface area contributed by atoms with Gasteiger partial charge in [-0.2, -0.15) is 0 Å². The van der Waals surface area contributed by atoms with Crippen LogP contribution in [0.5, 0.6) is 0 Å². The van der Waals surface area contributed by atoms with Crippen LogP contribution in [0.4, 0.5) is 4.39 Å². The van der Waals surface area contributed by atoms with Crippen LogP contribution in [0.2, 0.25) is 0 Å². The highest BCUT2D eigenvalue weighted by molar-refractivity contribution is 7.91. The first-order valence-corrected chi connectivity index (χ1v) is 21.7. The number of carbonyl (C=O) groups is 1. The van der Waals surface area contributed by atoms with E-state index < -0.39 is 21.6 Å². The van der Waals surface area contributed by atoms with Crippen molar-refractivity contribution in [2.24, 2.45) is 56.7 Å². The number of aromatic carboxylic acids is 1. The lowest BCUT2D eigenvalue weighted by Gasteiger charge is -2.72. The van der Waals surface area contributed by atoms with E-state index in [9.17, 15) is 18.3 Å².